The summed E-state index contributed by atoms with van der Waals surface area (Å²) in [5.74, 6) is -0.462. The molecule has 0 spiro atoms. The summed E-state index contributed by atoms with van der Waals surface area (Å²) in [5.41, 5.74) is 0.282. The van der Waals surface area contributed by atoms with E-state index in [0.717, 1.165) is 6.42 Å². The molecule has 8 nitrogen and oxygen atoms in total. The highest BCUT2D eigenvalue weighted by Crippen LogP contribution is 2.43. The van der Waals surface area contributed by atoms with E-state index < -0.39 is 5.66 Å². The first-order valence-electron chi connectivity index (χ1n) is 9.49. The number of nitrogens with one attached hydrogen (secondary N) is 1. The molecule has 146 valence electrons. The van der Waals surface area contributed by atoms with Gasteiger partial charge in [-0.1, -0.05) is 12.1 Å². The van der Waals surface area contributed by atoms with Gasteiger partial charge in [-0.2, -0.15) is 5.10 Å². The van der Waals surface area contributed by atoms with Gasteiger partial charge in [0.1, 0.15) is 12.2 Å². The van der Waals surface area contributed by atoms with Gasteiger partial charge in [0.2, 0.25) is 11.8 Å². The third kappa shape index (κ3) is 3.04. The average Bonchev–Trinajstić information content (AvgIpc) is 3.31. The van der Waals surface area contributed by atoms with Crippen molar-refractivity contribution in [2.75, 3.05) is 18.0 Å². The number of amides is 3. The van der Waals surface area contributed by atoms with Crippen LogP contribution in [0.5, 0.6) is 0 Å². The number of anilines is 1. The molecule has 1 aromatic heterocycles. The van der Waals surface area contributed by atoms with Crippen molar-refractivity contribution in [1.82, 2.24) is 20.0 Å². The van der Waals surface area contributed by atoms with E-state index in [0.29, 0.717) is 37.2 Å². The van der Waals surface area contributed by atoms with Gasteiger partial charge in [0.15, 0.2) is 0 Å². The van der Waals surface area contributed by atoms with Crippen LogP contribution in [0.3, 0.4) is 0 Å². The highest BCUT2D eigenvalue weighted by Gasteiger charge is 2.53. The van der Waals surface area contributed by atoms with Crippen LogP contribution in [0.2, 0.25) is 0 Å². The molecule has 28 heavy (non-hydrogen) atoms. The van der Waals surface area contributed by atoms with Crippen molar-refractivity contribution >= 4 is 23.4 Å². The van der Waals surface area contributed by atoms with Gasteiger partial charge >= 0.3 is 0 Å². The first-order chi connectivity index (χ1) is 13.5. The molecular weight excluding hydrogens is 358 g/mol. The van der Waals surface area contributed by atoms with Crippen molar-refractivity contribution in [3.63, 3.8) is 0 Å². The summed E-state index contributed by atoms with van der Waals surface area (Å²) < 4.78 is 1.81. The van der Waals surface area contributed by atoms with E-state index >= 15 is 0 Å². The Bertz CT molecular complexity index is 910. The standard InChI is InChI=1S/C20H23N5O3/c1-20-9-8-18(27)25(20)16-7-3-2-6-15(16)19(28)24(20)14-17(26)21-10-4-12-23-13-5-11-22-23/h2-3,5-7,11,13H,4,8-10,12,14H2,1H3,(H,21,26)/t20-/m0/s1. The summed E-state index contributed by atoms with van der Waals surface area (Å²) >= 11 is 0. The Kier molecular flexibility index (Phi) is 4.62. The van der Waals surface area contributed by atoms with E-state index in [9.17, 15) is 14.4 Å². The minimum Gasteiger partial charge on any atom is -0.354 e. The molecule has 0 unspecified atom stereocenters. The van der Waals surface area contributed by atoms with E-state index in [-0.39, 0.29) is 24.3 Å². The Hall–Kier alpha value is -3.16. The van der Waals surface area contributed by atoms with Gasteiger partial charge in [0, 0.05) is 31.9 Å². The lowest BCUT2D eigenvalue weighted by Gasteiger charge is -2.48. The maximum atomic E-state index is 13.1. The van der Waals surface area contributed by atoms with Crippen molar-refractivity contribution < 1.29 is 14.4 Å². The number of carbonyl (C=O) groups is 3. The van der Waals surface area contributed by atoms with Crippen LogP contribution in [-0.4, -0.2) is 51.2 Å². The minimum absolute atomic E-state index is 0.0212. The normalized spacial score (nSPS) is 20.9. The molecule has 1 fully saturated rings. The van der Waals surface area contributed by atoms with Crippen LogP contribution >= 0.6 is 0 Å². The van der Waals surface area contributed by atoms with Crippen molar-refractivity contribution in [3.05, 3.63) is 48.3 Å². The quantitative estimate of drug-likeness (QED) is 0.766. The lowest BCUT2D eigenvalue weighted by molar-refractivity contribution is -0.124. The molecule has 1 atom stereocenters. The fourth-order valence-corrected chi connectivity index (χ4v) is 4.04. The number of aromatic nitrogens is 2. The number of hydrogen-bond acceptors (Lipinski definition) is 4. The van der Waals surface area contributed by atoms with E-state index in [1.807, 2.05) is 25.3 Å². The average molecular weight is 381 g/mol. The molecular formula is C20H23N5O3. The summed E-state index contributed by atoms with van der Waals surface area (Å²) in [6, 6.07) is 8.94. The molecule has 0 aliphatic carbocycles. The molecule has 2 aliphatic rings. The predicted octanol–water partition coefficient (Wildman–Crippen LogP) is 1.39. The number of aryl methyl sites for hydroxylation is 1. The second kappa shape index (κ2) is 7.10. The van der Waals surface area contributed by atoms with Crippen LogP contribution in [0.15, 0.2) is 42.7 Å². The van der Waals surface area contributed by atoms with Gasteiger partial charge in [-0.05, 0) is 38.0 Å². The molecule has 4 rings (SSSR count). The zero-order chi connectivity index (χ0) is 19.7. The van der Waals surface area contributed by atoms with Gasteiger partial charge in [-0.3, -0.25) is 24.0 Å². The number of carbonyl (C=O) groups excluding carboxylic acids is 3. The second-order valence-corrected chi connectivity index (χ2v) is 7.33. The van der Waals surface area contributed by atoms with E-state index in [1.54, 1.807) is 34.0 Å². The minimum atomic E-state index is -0.811. The molecule has 2 aromatic rings. The molecule has 3 heterocycles. The number of rotatable bonds is 6. The number of para-hydroxylation sites is 1. The third-order valence-corrected chi connectivity index (χ3v) is 5.49. The fraction of sp³-hybridized carbons (Fsp3) is 0.400. The molecule has 1 saturated heterocycles. The Labute approximate surface area is 163 Å². The number of fused-ring (bicyclic) bond motifs is 3. The first kappa shape index (κ1) is 18.2. The molecule has 1 N–H and O–H groups in total. The molecule has 8 heteroatoms. The molecule has 1 aromatic carbocycles. The summed E-state index contributed by atoms with van der Waals surface area (Å²) in [4.78, 5) is 41.3. The second-order valence-electron chi connectivity index (χ2n) is 7.33. The Morgan fingerprint density at radius 3 is 2.86 bits per heavy atom. The van der Waals surface area contributed by atoms with Crippen LogP contribution in [0.25, 0.3) is 0 Å². The summed E-state index contributed by atoms with van der Waals surface area (Å²) in [5, 5.41) is 6.99. The third-order valence-electron chi connectivity index (χ3n) is 5.49. The summed E-state index contributed by atoms with van der Waals surface area (Å²) in [6.07, 6.45) is 5.20. The highest BCUT2D eigenvalue weighted by atomic mass is 16.2. The maximum Gasteiger partial charge on any atom is 0.258 e. The van der Waals surface area contributed by atoms with Crippen molar-refractivity contribution in [2.24, 2.45) is 0 Å². The Morgan fingerprint density at radius 1 is 1.25 bits per heavy atom. The number of hydrogen-bond donors (Lipinski definition) is 1. The van der Waals surface area contributed by atoms with Crippen LogP contribution in [-0.2, 0) is 16.1 Å². The fourth-order valence-electron chi connectivity index (χ4n) is 4.04. The molecule has 3 amide bonds. The van der Waals surface area contributed by atoms with Gasteiger partial charge in [0.25, 0.3) is 5.91 Å². The van der Waals surface area contributed by atoms with Crippen LogP contribution in [0.4, 0.5) is 5.69 Å². The lowest BCUT2D eigenvalue weighted by atomic mass is 9.98. The SMILES string of the molecule is C[C@@]12CCC(=O)N1c1ccccc1C(=O)N2CC(=O)NCCCn1cccn1. The lowest BCUT2D eigenvalue weighted by Crippen LogP contribution is -2.63. The van der Waals surface area contributed by atoms with Crippen LogP contribution in [0, 0.1) is 0 Å². The van der Waals surface area contributed by atoms with E-state index in [2.05, 4.69) is 10.4 Å². The topological polar surface area (TPSA) is 87.5 Å². The Balaban J connectivity index is 1.45. The van der Waals surface area contributed by atoms with Gasteiger partial charge in [-0.25, -0.2) is 0 Å². The molecule has 0 saturated carbocycles. The zero-order valence-electron chi connectivity index (χ0n) is 15.8. The molecule has 2 aliphatic heterocycles. The summed E-state index contributed by atoms with van der Waals surface area (Å²) in [6.45, 7) is 2.99. The van der Waals surface area contributed by atoms with Gasteiger partial charge in [-0.15, -0.1) is 0 Å². The van der Waals surface area contributed by atoms with Crippen LogP contribution < -0.4 is 10.2 Å². The van der Waals surface area contributed by atoms with E-state index in [4.69, 9.17) is 0 Å². The maximum absolute atomic E-state index is 13.1. The smallest absolute Gasteiger partial charge is 0.258 e. The number of benzene rings is 1. The van der Waals surface area contributed by atoms with Crippen molar-refractivity contribution in [2.45, 2.75) is 38.4 Å². The predicted molar refractivity (Wildman–Crippen MR) is 102 cm³/mol. The number of nitrogens with zero attached hydrogens (tertiary/aromatic N) is 4. The summed E-state index contributed by atoms with van der Waals surface area (Å²) in [7, 11) is 0. The van der Waals surface area contributed by atoms with E-state index in [1.165, 1.54) is 4.90 Å². The van der Waals surface area contributed by atoms with Gasteiger partial charge < -0.3 is 10.2 Å². The highest BCUT2D eigenvalue weighted by molar-refractivity contribution is 6.11. The van der Waals surface area contributed by atoms with Gasteiger partial charge in [0.05, 0.1) is 11.3 Å². The largest absolute Gasteiger partial charge is 0.354 e. The Morgan fingerprint density at radius 2 is 2.07 bits per heavy atom. The molecule has 0 bridgehead atoms. The van der Waals surface area contributed by atoms with Crippen molar-refractivity contribution in [1.29, 1.82) is 0 Å². The van der Waals surface area contributed by atoms with Crippen molar-refractivity contribution in [3.8, 4) is 0 Å². The monoisotopic (exact) mass is 381 g/mol. The molecule has 0 radical (unpaired) electrons. The zero-order valence-corrected chi connectivity index (χ0v) is 15.8. The first-order valence-corrected chi connectivity index (χ1v) is 9.49. The van der Waals surface area contributed by atoms with Crippen LogP contribution in [0.1, 0.15) is 36.5 Å².